The second-order valence-electron chi connectivity index (χ2n) is 6.71. The summed E-state index contributed by atoms with van der Waals surface area (Å²) in [6.07, 6.45) is -5.08. The highest BCUT2D eigenvalue weighted by Crippen LogP contribution is 2.30. The van der Waals surface area contributed by atoms with Gasteiger partial charge in [0.25, 0.3) is 5.91 Å². The Morgan fingerprint density at radius 3 is 2.30 bits per heavy atom. The topological polar surface area (TPSA) is 105 Å². The van der Waals surface area contributed by atoms with Crippen LogP contribution in [0.25, 0.3) is 0 Å². The van der Waals surface area contributed by atoms with Gasteiger partial charge in [0.15, 0.2) is 0 Å². The Bertz CT molecular complexity index is 917. The number of nitrogens with zero attached hydrogens (tertiary/aromatic N) is 1. The Balaban J connectivity index is 0.000000553. The van der Waals surface area contributed by atoms with E-state index in [1.165, 1.54) is 23.5 Å². The fraction of sp³-hybridized carbons (Fsp3) is 0.389. The van der Waals surface area contributed by atoms with Crippen molar-refractivity contribution in [1.82, 2.24) is 10.3 Å². The summed E-state index contributed by atoms with van der Waals surface area (Å²) in [6, 6.07) is 4.28. The zero-order valence-electron chi connectivity index (χ0n) is 16.2. The van der Waals surface area contributed by atoms with E-state index in [1.54, 1.807) is 6.07 Å². The molecule has 0 fully saturated rings. The molecular formula is C18H20ClF4N3O3S. The second kappa shape index (κ2) is 10.2. The van der Waals surface area contributed by atoms with Gasteiger partial charge in [0.1, 0.15) is 16.5 Å². The van der Waals surface area contributed by atoms with Crippen LogP contribution in [0.4, 0.5) is 17.6 Å². The van der Waals surface area contributed by atoms with Crippen molar-refractivity contribution in [3.63, 3.8) is 0 Å². The normalized spacial score (nSPS) is 11.5. The molecule has 30 heavy (non-hydrogen) atoms. The first-order valence-electron chi connectivity index (χ1n) is 8.39. The smallest absolute Gasteiger partial charge is 0.475 e. The SMILES string of the molecule is Cc1sc(CN)nc1C(=O)NCC(C)(C)c1ccc(F)cc1Cl.O=C(O)C(F)(F)F. The van der Waals surface area contributed by atoms with Crippen molar-refractivity contribution in [1.29, 1.82) is 0 Å². The average Bonchev–Trinajstić information content (AvgIpc) is 3.00. The van der Waals surface area contributed by atoms with E-state index in [9.17, 15) is 22.4 Å². The molecule has 1 aromatic carbocycles. The van der Waals surface area contributed by atoms with E-state index in [4.69, 9.17) is 27.2 Å². The number of thiazole rings is 1. The van der Waals surface area contributed by atoms with Crippen LogP contribution in [0, 0.1) is 12.7 Å². The molecule has 0 aliphatic carbocycles. The summed E-state index contributed by atoms with van der Waals surface area (Å²) in [4.78, 5) is 26.3. The molecule has 0 saturated heterocycles. The maximum absolute atomic E-state index is 13.2. The highest BCUT2D eigenvalue weighted by atomic mass is 35.5. The van der Waals surface area contributed by atoms with Crippen LogP contribution in [0.1, 0.15) is 39.8 Å². The lowest BCUT2D eigenvalue weighted by Crippen LogP contribution is -2.37. The number of aromatic nitrogens is 1. The Labute approximate surface area is 179 Å². The second-order valence-corrected chi connectivity index (χ2v) is 8.41. The van der Waals surface area contributed by atoms with Gasteiger partial charge in [0.05, 0.1) is 0 Å². The predicted molar refractivity (Wildman–Crippen MR) is 105 cm³/mol. The van der Waals surface area contributed by atoms with E-state index in [2.05, 4.69) is 10.3 Å². The number of hydrogen-bond acceptors (Lipinski definition) is 5. The van der Waals surface area contributed by atoms with Gasteiger partial charge in [-0.15, -0.1) is 11.3 Å². The molecule has 12 heteroatoms. The summed E-state index contributed by atoms with van der Waals surface area (Å²) in [5, 5.41) is 11.1. The molecule has 1 amide bonds. The molecule has 0 radical (unpaired) electrons. The number of rotatable bonds is 5. The molecule has 0 unspecified atom stereocenters. The molecule has 1 heterocycles. The number of halogens is 5. The lowest BCUT2D eigenvalue weighted by molar-refractivity contribution is -0.192. The molecule has 0 spiro atoms. The molecule has 6 nitrogen and oxygen atoms in total. The van der Waals surface area contributed by atoms with Crippen LogP contribution in [0.15, 0.2) is 18.2 Å². The van der Waals surface area contributed by atoms with Gasteiger partial charge in [0.2, 0.25) is 0 Å². The molecule has 0 bridgehead atoms. The van der Waals surface area contributed by atoms with Crippen LogP contribution in [0.2, 0.25) is 5.02 Å². The molecule has 2 rings (SSSR count). The molecule has 0 aliphatic rings. The molecule has 1 aromatic heterocycles. The number of carboxylic acid groups (broad SMARTS) is 1. The van der Waals surface area contributed by atoms with Gasteiger partial charge in [-0.25, -0.2) is 14.2 Å². The van der Waals surface area contributed by atoms with Crippen LogP contribution >= 0.6 is 22.9 Å². The average molecular weight is 470 g/mol. The summed E-state index contributed by atoms with van der Waals surface area (Å²) in [5.74, 6) is -3.39. The van der Waals surface area contributed by atoms with Gasteiger partial charge in [-0.05, 0) is 24.6 Å². The number of nitrogens with two attached hydrogens (primary N) is 1. The molecule has 166 valence electrons. The van der Waals surface area contributed by atoms with E-state index in [0.29, 0.717) is 23.8 Å². The number of carbonyl (C=O) groups excluding carboxylic acids is 1. The zero-order chi connectivity index (χ0) is 23.3. The molecular weight excluding hydrogens is 450 g/mol. The standard InChI is InChI=1S/C16H19ClFN3OS.C2HF3O2/c1-9-14(21-13(7-19)23-9)15(22)20-8-16(2,3)11-5-4-10(18)6-12(11)17;3-2(4,5)1(6)7/h4-6H,7-8,19H2,1-3H3,(H,20,22);(H,6,7). The maximum atomic E-state index is 13.2. The lowest BCUT2D eigenvalue weighted by Gasteiger charge is -2.26. The van der Waals surface area contributed by atoms with Crippen molar-refractivity contribution in [3.8, 4) is 0 Å². The zero-order valence-corrected chi connectivity index (χ0v) is 17.8. The molecule has 0 atom stereocenters. The highest BCUT2D eigenvalue weighted by molar-refractivity contribution is 7.11. The van der Waals surface area contributed by atoms with E-state index in [0.717, 1.165) is 15.4 Å². The first-order chi connectivity index (χ1) is 13.7. The van der Waals surface area contributed by atoms with Crippen LogP contribution in [-0.2, 0) is 16.8 Å². The number of amides is 1. The summed E-state index contributed by atoms with van der Waals surface area (Å²) in [5.41, 5.74) is 6.28. The Kier molecular flexibility index (Phi) is 8.76. The summed E-state index contributed by atoms with van der Waals surface area (Å²) >= 11 is 7.53. The number of aliphatic carboxylic acids is 1. The minimum Gasteiger partial charge on any atom is -0.475 e. The van der Waals surface area contributed by atoms with Crippen LogP contribution in [0.3, 0.4) is 0 Å². The highest BCUT2D eigenvalue weighted by Gasteiger charge is 2.38. The number of carbonyl (C=O) groups is 2. The van der Waals surface area contributed by atoms with Crippen molar-refractivity contribution in [3.05, 3.63) is 50.2 Å². The predicted octanol–water partition coefficient (Wildman–Crippen LogP) is 4.04. The summed E-state index contributed by atoms with van der Waals surface area (Å²) < 4.78 is 44.9. The number of carboxylic acids is 1. The van der Waals surface area contributed by atoms with E-state index >= 15 is 0 Å². The fourth-order valence-electron chi connectivity index (χ4n) is 2.27. The number of benzene rings is 1. The summed E-state index contributed by atoms with van der Waals surface area (Å²) in [6.45, 7) is 6.38. The van der Waals surface area contributed by atoms with Crippen LogP contribution in [-0.4, -0.2) is 34.7 Å². The van der Waals surface area contributed by atoms with Gasteiger partial charge < -0.3 is 16.2 Å². The molecule has 0 aliphatic heterocycles. The van der Waals surface area contributed by atoms with Gasteiger partial charge >= 0.3 is 12.1 Å². The van der Waals surface area contributed by atoms with Gasteiger partial charge in [-0.2, -0.15) is 13.2 Å². The van der Waals surface area contributed by atoms with E-state index < -0.39 is 17.6 Å². The fourth-order valence-corrected chi connectivity index (χ4v) is 3.50. The Morgan fingerprint density at radius 2 is 1.87 bits per heavy atom. The molecule has 4 N–H and O–H groups in total. The summed E-state index contributed by atoms with van der Waals surface area (Å²) in [7, 11) is 0. The van der Waals surface area contributed by atoms with Gasteiger partial charge in [-0.1, -0.05) is 31.5 Å². The minimum atomic E-state index is -5.08. The molecule has 2 aromatic rings. The first-order valence-corrected chi connectivity index (χ1v) is 9.58. The third kappa shape index (κ3) is 7.22. The van der Waals surface area contributed by atoms with E-state index in [1.807, 2.05) is 20.8 Å². The van der Waals surface area contributed by atoms with Gasteiger partial charge in [0, 0.05) is 28.4 Å². The third-order valence-corrected chi connectivity index (χ3v) is 5.13. The first kappa shape index (κ1) is 25.8. The Morgan fingerprint density at radius 1 is 1.30 bits per heavy atom. The van der Waals surface area contributed by atoms with Crippen LogP contribution in [0.5, 0.6) is 0 Å². The largest absolute Gasteiger partial charge is 0.490 e. The quantitative estimate of drug-likeness (QED) is 0.573. The van der Waals surface area contributed by atoms with Gasteiger partial charge in [-0.3, -0.25) is 4.79 Å². The van der Waals surface area contributed by atoms with E-state index in [-0.39, 0.29) is 11.7 Å². The number of alkyl halides is 3. The lowest BCUT2D eigenvalue weighted by atomic mass is 9.84. The minimum absolute atomic E-state index is 0.246. The number of aryl methyl sites for hydroxylation is 1. The van der Waals surface area contributed by atoms with Crippen molar-refractivity contribution in [2.45, 2.75) is 38.9 Å². The van der Waals surface area contributed by atoms with Crippen molar-refractivity contribution >= 4 is 34.8 Å². The number of hydrogen-bond donors (Lipinski definition) is 3. The Hall–Kier alpha value is -2.24. The maximum Gasteiger partial charge on any atom is 0.490 e. The van der Waals surface area contributed by atoms with Crippen LogP contribution < -0.4 is 11.1 Å². The monoisotopic (exact) mass is 469 g/mol. The van der Waals surface area contributed by atoms with Crippen molar-refractivity contribution in [2.24, 2.45) is 5.73 Å². The molecule has 0 saturated carbocycles. The third-order valence-electron chi connectivity index (χ3n) is 3.82. The van der Waals surface area contributed by atoms with Crippen molar-refractivity contribution < 1.29 is 32.3 Å². The van der Waals surface area contributed by atoms with Crippen molar-refractivity contribution in [2.75, 3.05) is 6.54 Å². The number of nitrogens with one attached hydrogen (secondary N) is 1.